The Bertz CT molecular complexity index is 753. The van der Waals surface area contributed by atoms with E-state index in [1.165, 1.54) is 11.1 Å². The molecule has 2 heterocycles. The molecule has 2 aromatic carbocycles. The predicted octanol–water partition coefficient (Wildman–Crippen LogP) is 4.78. The van der Waals surface area contributed by atoms with Crippen LogP contribution < -0.4 is 0 Å². The van der Waals surface area contributed by atoms with Gasteiger partial charge in [-0.15, -0.1) is 8.58 Å². The second kappa shape index (κ2) is 8.22. The van der Waals surface area contributed by atoms with Crippen molar-refractivity contribution in [3.8, 4) is 0 Å². The van der Waals surface area contributed by atoms with Gasteiger partial charge in [-0.3, -0.25) is 0 Å². The summed E-state index contributed by atoms with van der Waals surface area (Å²) in [6.45, 7) is 4.18. The molecule has 0 saturated carbocycles. The van der Waals surface area contributed by atoms with Gasteiger partial charge in [-0.2, -0.15) is 0 Å². The minimum atomic E-state index is 0.0924. The summed E-state index contributed by atoms with van der Waals surface area (Å²) < 4.78 is 12.0. The Morgan fingerprint density at radius 1 is 0.704 bits per heavy atom. The van der Waals surface area contributed by atoms with Crippen molar-refractivity contribution in [2.75, 3.05) is 12.3 Å². The fraction of sp³-hybridized carbons (Fsp3) is 0.364. The van der Waals surface area contributed by atoms with Gasteiger partial charge in [-0.05, 0) is 25.0 Å². The lowest BCUT2D eigenvalue weighted by Gasteiger charge is -2.13. The molecule has 0 fully saturated rings. The molecule has 0 bridgehead atoms. The summed E-state index contributed by atoms with van der Waals surface area (Å²) >= 11 is 0. The van der Waals surface area contributed by atoms with E-state index in [1.807, 2.05) is 12.1 Å². The fourth-order valence-electron chi connectivity index (χ4n) is 3.58. The number of benzene rings is 2. The molecule has 0 aromatic heterocycles. The SMILES string of the molecule is CC1OC(CPCC2=NC(c3ccccc3)C(C)O2)=NC1c1ccccc1. The zero-order valence-electron chi connectivity index (χ0n) is 15.7. The third-order valence-corrected chi connectivity index (χ3v) is 6.04. The molecule has 5 heteroatoms. The van der Waals surface area contributed by atoms with Gasteiger partial charge in [0.15, 0.2) is 11.8 Å². The van der Waals surface area contributed by atoms with Gasteiger partial charge in [0, 0.05) is 12.3 Å². The molecule has 0 saturated heterocycles. The highest BCUT2D eigenvalue weighted by Gasteiger charge is 2.30. The van der Waals surface area contributed by atoms with E-state index < -0.39 is 0 Å². The number of hydrogen-bond acceptors (Lipinski definition) is 4. The highest BCUT2D eigenvalue weighted by molar-refractivity contribution is 7.40. The van der Waals surface area contributed by atoms with Crippen LogP contribution in [0.3, 0.4) is 0 Å². The molecule has 0 N–H and O–H groups in total. The highest BCUT2D eigenvalue weighted by atomic mass is 31.1. The van der Waals surface area contributed by atoms with Crippen LogP contribution in [0.2, 0.25) is 0 Å². The van der Waals surface area contributed by atoms with E-state index in [4.69, 9.17) is 19.5 Å². The van der Waals surface area contributed by atoms with Gasteiger partial charge >= 0.3 is 0 Å². The smallest absolute Gasteiger partial charge is 0.188 e. The van der Waals surface area contributed by atoms with Crippen molar-refractivity contribution in [3.63, 3.8) is 0 Å². The van der Waals surface area contributed by atoms with Gasteiger partial charge in [0.2, 0.25) is 0 Å². The molecule has 0 spiro atoms. The lowest BCUT2D eigenvalue weighted by Crippen LogP contribution is -2.14. The maximum absolute atomic E-state index is 5.98. The molecule has 4 atom stereocenters. The minimum absolute atomic E-state index is 0.0924. The molecular formula is C22H25N2O2P. The maximum atomic E-state index is 5.98. The van der Waals surface area contributed by atoms with E-state index >= 15 is 0 Å². The molecule has 0 aliphatic carbocycles. The summed E-state index contributed by atoms with van der Waals surface area (Å²) in [6, 6.07) is 20.9. The molecule has 4 nitrogen and oxygen atoms in total. The molecule has 4 rings (SSSR count). The zero-order chi connectivity index (χ0) is 18.6. The van der Waals surface area contributed by atoms with Gasteiger partial charge in [0.1, 0.15) is 24.3 Å². The lowest BCUT2D eigenvalue weighted by molar-refractivity contribution is 0.212. The first-order chi connectivity index (χ1) is 13.2. The van der Waals surface area contributed by atoms with E-state index in [2.05, 4.69) is 62.4 Å². The molecule has 4 unspecified atom stereocenters. The van der Waals surface area contributed by atoms with Crippen molar-refractivity contribution in [1.82, 2.24) is 0 Å². The number of nitrogens with zero attached hydrogens (tertiary/aromatic N) is 2. The normalized spacial score (nSPS) is 27.3. The second-order valence-electron chi connectivity index (χ2n) is 7.01. The summed E-state index contributed by atoms with van der Waals surface area (Å²) in [5.41, 5.74) is 2.43. The van der Waals surface area contributed by atoms with Gasteiger partial charge < -0.3 is 9.47 Å². The fourth-order valence-corrected chi connectivity index (χ4v) is 4.48. The van der Waals surface area contributed by atoms with Gasteiger partial charge in [0.05, 0.1) is 0 Å². The zero-order valence-corrected chi connectivity index (χ0v) is 16.7. The highest BCUT2D eigenvalue weighted by Crippen LogP contribution is 2.32. The van der Waals surface area contributed by atoms with Gasteiger partial charge in [-0.1, -0.05) is 60.7 Å². The average Bonchev–Trinajstić information content (AvgIpc) is 3.25. The van der Waals surface area contributed by atoms with Crippen LogP contribution in [0.5, 0.6) is 0 Å². The van der Waals surface area contributed by atoms with Crippen LogP contribution in [0.15, 0.2) is 70.6 Å². The summed E-state index contributed by atoms with van der Waals surface area (Å²) in [6.07, 6.45) is 1.88. The van der Waals surface area contributed by atoms with E-state index in [0.717, 1.165) is 24.1 Å². The van der Waals surface area contributed by atoms with Gasteiger partial charge in [0.25, 0.3) is 0 Å². The van der Waals surface area contributed by atoms with Crippen molar-refractivity contribution in [1.29, 1.82) is 0 Å². The Hall–Kier alpha value is -2.19. The molecule has 2 aliphatic rings. The Kier molecular flexibility index (Phi) is 5.54. The summed E-state index contributed by atoms with van der Waals surface area (Å²) in [7, 11) is 0.663. The van der Waals surface area contributed by atoms with Crippen molar-refractivity contribution in [2.45, 2.75) is 38.1 Å². The third-order valence-electron chi connectivity index (χ3n) is 4.93. The Labute approximate surface area is 162 Å². The summed E-state index contributed by atoms with van der Waals surface area (Å²) in [5, 5.41) is 0. The number of ether oxygens (including phenoxy) is 2. The van der Waals surface area contributed by atoms with Crippen molar-refractivity contribution < 1.29 is 9.47 Å². The number of hydrogen-bond donors (Lipinski definition) is 0. The Morgan fingerprint density at radius 3 is 1.52 bits per heavy atom. The maximum Gasteiger partial charge on any atom is 0.188 e. The van der Waals surface area contributed by atoms with Crippen LogP contribution in [-0.2, 0) is 9.47 Å². The first-order valence-corrected chi connectivity index (χ1v) is 10.9. The summed E-state index contributed by atoms with van der Waals surface area (Å²) in [5.74, 6) is 1.72. The van der Waals surface area contributed by atoms with Crippen molar-refractivity contribution >= 4 is 20.4 Å². The van der Waals surface area contributed by atoms with Crippen LogP contribution in [-0.4, -0.2) is 36.3 Å². The van der Waals surface area contributed by atoms with Crippen LogP contribution in [0.4, 0.5) is 0 Å². The quantitative estimate of drug-likeness (QED) is 0.677. The van der Waals surface area contributed by atoms with Crippen molar-refractivity contribution in [3.05, 3.63) is 71.8 Å². The van der Waals surface area contributed by atoms with Crippen LogP contribution >= 0.6 is 8.58 Å². The molecule has 140 valence electrons. The first kappa shape index (κ1) is 18.2. The standard InChI is InChI=1S/C22H25N2O2P/c1-15-21(17-9-5-3-6-10-17)23-19(25-15)13-27-14-20-24-22(16(2)26-20)18-11-7-4-8-12-18/h3-12,15-16,21-22,27H,13-14H2,1-2H3. The molecule has 2 aromatic rings. The van der Waals surface area contributed by atoms with Gasteiger partial charge in [-0.25, -0.2) is 9.98 Å². The second-order valence-corrected chi connectivity index (χ2v) is 8.21. The molecule has 0 radical (unpaired) electrons. The molecule has 2 aliphatic heterocycles. The lowest BCUT2D eigenvalue weighted by atomic mass is 10.0. The minimum Gasteiger partial charge on any atom is -0.475 e. The number of rotatable bonds is 6. The Morgan fingerprint density at radius 2 is 1.11 bits per heavy atom. The Balaban J connectivity index is 1.33. The van der Waals surface area contributed by atoms with E-state index in [1.54, 1.807) is 0 Å². The van der Waals surface area contributed by atoms with Crippen LogP contribution in [0.25, 0.3) is 0 Å². The average molecular weight is 380 g/mol. The van der Waals surface area contributed by atoms with E-state index in [-0.39, 0.29) is 24.3 Å². The van der Waals surface area contributed by atoms with Crippen LogP contribution in [0.1, 0.15) is 37.1 Å². The molecule has 27 heavy (non-hydrogen) atoms. The third kappa shape index (κ3) is 4.22. The van der Waals surface area contributed by atoms with E-state index in [9.17, 15) is 0 Å². The van der Waals surface area contributed by atoms with Crippen molar-refractivity contribution in [2.24, 2.45) is 9.98 Å². The predicted molar refractivity (Wildman–Crippen MR) is 112 cm³/mol. The van der Waals surface area contributed by atoms with E-state index in [0.29, 0.717) is 8.58 Å². The first-order valence-electron chi connectivity index (χ1n) is 9.48. The molecular weight excluding hydrogens is 355 g/mol. The molecule has 0 amide bonds. The monoisotopic (exact) mass is 380 g/mol. The van der Waals surface area contributed by atoms with Crippen LogP contribution in [0, 0.1) is 0 Å². The largest absolute Gasteiger partial charge is 0.475 e. The number of aliphatic imine (C=N–C) groups is 2. The topological polar surface area (TPSA) is 43.2 Å². The summed E-state index contributed by atoms with van der Waals surface area (Å²) in [4.78, 5) is 9.60.